The number of esters is 1. The maximum Gasteiger partial charge on any atom is 0.419 e. The number of amides is 1. The molecule has 28 heavy (non-hydrogen) atoms. The van der Waals surface area contributed by atoms with Crippen LogP contribution in [0.15, 0.2) is 51.7 Å². The Morgan fingerprint density at radius 1 is 1.18 bits per heavy atom. The van der Waals surface area contributed by atoms with Crippen molar-refractivity contribution in [3.8, 4) is 0 Å². The van der Waals surface area contributed by atoms with Gasteiger partial charge in [-0.1, -0.05) is 12.1 Å². The van der Waals surface area contributed by atoms with E-state index in [1.165, 1.54) is 17.6 Å². The van der Waals surface area contributed by atoms with Crippen LogP contribution in [0.1, 0.15) is 13.3 Å². The van der Waals surface area contributed by atoms with Gasteiger partial charge in [-0.05, 0) is 31.2 Å². The van der Waals surface area contributed by atoms with Crippen LogP contribution in [0.25, 0.3) is 11.1 Å². The molecule has 7 nitrogen and oxygen atoms in total. The van der Waals surface area contributed by atoms with Crippen LogP contribution in [-0.2, 0) is 20.9 Å². The van der Waals surface area contributed by atoms with E-state index in [0.717, 1.165) is 12.1 Å². The Bertz CT molecular complexity index is 1090. The lowest BCUT2D eigenvalue weighted by Gasteiger charge is -2.13. The van der Waals surface area contributed by atoms with Crippen molar-refractivity contribution in [1.29, 1.82) is 0 Å². The summed E-state index contributed by atoms with van der Waals surface area (Å²) >= 11 is 0. The second kappa shape index (κ2) is 8.03. The number of oxazole rings is 1. The molecule has 3 aromatic rings. The van der Waals surface area contributed by atoms with Crippen LogP contribution in [0, 0.1) is 11.6 Å². The number of halogens is 2. The molecule has 2 aromatic carbocycles. The monoisotopic (exact) mass is 390 g/mol. The fourth-order valence-electron chi connectivity index (χ4n) is 2.56. The summed E-state index contributed by atoms with van der Waals surface area (Å²) in [5.74, 6) is -4.16. The Morgan fingerprint density at radius 3 is 2.68 bits per heavy atom. The van der Waals surface area contributed by atoms with Crippen molar-refractivity contribution in [1.82, 2.24) is 4.57 Å². The van der Waals surface area contributed by atoms with Crippen molar-refractivity contribution in [2.75, 3.05) is 5.32 Å². The molecule has 0 bridgehead atoms. The van der Waals surface area contributed by atoms with Gasteiger partial charge in [0.1, 0.15) is 0 Å². The molecule has 146 valence electrons. The van der Waals surface area contributed by atoms with E-state index in [1.807, 2.05) is 0 Å². The van der Waals surface area contributed by atoms with E-state index in [9.17, 15) is 23.2 Å². The summed E-state index contributed by atoms with van der Waals surface area (Å²) in [6, 6.07) is 9.64. The van der Waals surface area contributed by atoms with Gasteiger partial charge in [-0.25, -0.2) is 13.6 Å². The smallest absolute Gasteiger partial charge is 0.419 e. The molecule has 0 aliphatic carbocycles. The van der Waals surface area contributed by atoms with Gasteiger partial charge in [-0.15, -0.1) is 0 Å². The van der Waals surface area contributed by atoms with Crippen LogP contribution < -0.4 is 11.1 Å². The predicted octanol–water partition coefficient (Wildman–Crippen LogP) is 2.83. The van der Waals surface area contributed by atoms with Gasteiger partial charge in [0.2, 0.25) is 0 Å². The lowest BCUT2D eigenvalue weighted by Crippen LogP contribution is -2.30. The summed E-state index contributed by atoms with van der Waals surface area (Å²) in [6.45, 7) is 1.36. The molecular formula is C19H16F2N2O5. The van der Waals surface area contributed by atoms with Crippen molar-refractivity contribution in [2.24, 2.45) is 0 Å². The van der Waals surface area contributed by atoms with E-state index in [-0.39, 0.29) is 18.7 Å². The van der Waals surface area contributed by atoms with Crippen molar-refractivity contribution in [3.63, 3.8) is 0 Å². The molecule has 1 amide bonds. The first-order valence-corrected chi connectivity index (χ1v) is 8.39. The molecule has 0 radical (unpaired) electrons. The van der Waals surface area contributed by atoms with E-state index < -0.39 is 35.4 Å². The van der Waals surface area contributed by atoms with Gasteiger partial charge in [0.15, 0.2) is 23.3 Å². The van der Waals surface area contributed by atoms with E-state index in [0.29, 0.717) is 11.1 Å². The molecule has 0 spiro atoms. The Morgan fingerprint density at radius 2 is 1.93 bits per heavy atom. The fraction of sp³-hybridized carbons (Fsp3) is 0.211. The van der Waals surface area contributed by atoms with E-state index in [1.54, 1.807) is 24.3 Å². The second-order valence-corrected chi connectivity index (χ2v) is 5.99. The summed E-state index contributed by atoms with van der Waals surface area (Å²) in [6.07, 6.45) is -1.33. The van der Waals surface area contributed by atoms with Gasteiger partial charge in [0, 0.05) is 18.3 Å². The van der Waals surface area contributed by atoms with Crippen LogP contribution in [0.4, 0.5) is 14.5 Å². The number of nitrogens with one attached hydrogen (secondary N) is 1. The third-order valence-electron chi connectivity index (χ3n) is 3.98. The van der Waals surface area contributed by atoms with E-state index in [2.05, 4.69) is 5.32 Å². The predicted molar refractivity (Wildman–Crippen MR) is 95.6 cm³/mol. The summed E-state index contributed by atoms with van der Waals surface area (Å²) in [5, 5.41) is 2.33. The first-order valence-electron chi connectivity index (χ1n) is 8.39. The number of hydrogen-bond donors (Lipinski definition) is 1. The molecule has 1 atom stereocenters. The molecule has 1 N–H and O–H groups in total. The highest BCUT2D eigenvalue weighted by Gasteiger charge is 2.19. The van der Waals surface area contributed by atoms with Crippen LogP contribution >= 0.6 is 0 Å². The van der Waals surface area contributed by atoms with Gasteiger partial charge in [0.25, 0.3) is 5.91 Å². The summed E-state index contributed by atoms with van der Waals surface area (Å²) in [5.41, 5.74) is 0.979. The van der Waals surface area contributed by atoms with Gasteiger partial charge in [-0.2, -0.15) is 0 Å². The number of rotatable bonds is 6. The highest BCUT2D eigenvalue weighted by Crippen LogP contribution is 2.14. The number of aromatic nitrogens is 1. The van der Waals surface area contributed by atoms with Gasteiger partial charge in [-0.3, -0.25) is 14.2 Å². The maximum absolute atomic E-state index is 13.2. The van der Waals surface area contributed by atoms with Crippen LogP contribution in [0.5, 0.6) is 0 Å². The number of nitrogens with zero attached hydrogens (tertiary/aromatic N) is 1. The topological polar surface area (TPSA) is 90.5 Å². The minimum Gasteiger partial charge on any atom is -0.452 e. The molecule has 0 saturated heterocycles. The number of hydrogen-bond acceptors (Lipinski definition) is 5. The zero-order valence-electron chi connectivity index (χ0n) is 14.8. The van der Waals surface area contributed by atoms with Crippen LogP contribution in [0.3, 0.4) is 0 Å². The number of benzene rings is 2. The molecule has 3 rings (SSSR count). The van der Waals surface area contributed by atoms with Gasteiger partial charge < -0.3 is 14.5 Å². The lowest BCUT2D eigenvalue weighted by molar-refractivity contribution is -0.153. The van der Waals surface area contributed by atoms with Crippen molar-refractivity contribution in [2.45, 2.75) is 26.0 Å². The second-order valence-electron chi connectivity index (χ2n) is 5.99. The van der Waals surface area contributed by atoms with Gasteiger partial charge >= 0.3 is 11.7 Å². The largest absolute Gasteiger partial charge is 0.452 e. The van der Waals surface area contributed by atoms with E-state index >= 15 is 0 Å². The Kier molecular flexibility index (Phi) is 5.53. The normalized spacial score (nSPS) is 12.0. The number of fused-ring (bicyclic) bond motifs is 1. The number of carbonyl (C=O) groups excluding carboxylic acids is 2. The number of para-hydroxylation sites is 2. The van der Waals surface area contributed by atoms with Crippen molar-refractivity contribution < 1.29 is 27.5 Å². The number of aryl methyl sites for hydroxylation is 1. The van der Waals surface area contributed by atoms with Crippen molar-refractivity contribution in [3.05, 3.63) is 64.6 Å². The maximum atomic E-state index is 13.2. The van der Waals surface area contributed by atoms with E-state index in [4.69, 9.17) is 9.15 Å². The molecule has 0 aliphatic heterocycles. The fourth-order valence-corrected chi connectivity index (χ4v) is 2.56. The SMILES string of the molecule is C[C@H](OC(=O)CCn1c(=O)oc2ccccc21)C(=O)Nc1ccc(F)c(F)c1. The molecule has 9 heteroatoms. The Hall–Kier alpha value is -3.49. The quantitative estimate of drug-likeness (QED) is 0.654. The molecule has 1 heterocycles. The van der Waals surface area contributed by atoms with Crippen LogP contribution in [-0.4, -0.2) is 22.5 Å². The zero-order chi connectivity index (χ0) is 20.3. The number of anilines is 1. The first-order chi connectivity index (χ1) is 13.3. The molecule has 0 fully saturated rings. The van der Waals surface area contributed by atoms with Crippen molar-refractivity contribution >= 4 is 28.7 Å². The molecule has 1 aromatic heterocycles. The summed E-state index contributed by atoms with van der Waals surface area (Å²) in [4.78, 5) is 35.9. The summed E-state index contributed by atoms with van der Waals surface area (Å²) < 4.78 is 37.5. The number of carbonyl (C=O) groups is 2. The van der Waals surface area contributed by atoms with Gasteiger partial charge in [0.05, 0.1) is 11.9 Å². The van der Waals surface area contributed by atoms with Crippen LogP contribution in [0.2, 0.25) is 0 Å². The third kappa shape index (κ3) is 4.25. The Balaban J connectivity index is 1.56. The molecule has 0 unspecified atom stereocenters. The zero-order valence-corrected chi connectivity index (χ0v) is 14.8. The Labute approximate surface area is 157 Å². The first kappa shape index (κ1) is 19.3. The highest BCUT2D eigenvalue weighted by molar-refractivity contribution is 5.95. The average molecular weight is 390 g/mol. The average Bonchev–Trinajstić information content (AvgIpc) is 2.98. The summed E-state index contributed by atoms with van der Waals surface area (Å²) in [7, 11) is 0. The highest BCUT2D eigenvalue weighted by atomic mass is 19.2. The number of ether oxygens (including phenoxy) is 1. The molecule has 0 aliphatic rings. The minimum atomic E-state index is -1.17. The molecular weight excluding hydrogens is 374 g/mol. The molecule has 0 saturated carbocycles. The standard InChI is InChI=1S/C19H16F2N2O5/c1-11(18(25)22-12-6-7-13(20)14(21)10-12)27-17(24)8-9-23-15-4-2-3-5-16(15)28-19(23)26/h2-7,10-11H,8-9H2,1H3,(H,22,25)/t11-/m0/s1. The lowest BCUT2D eigenvalue weighted by atomic mass is 10.2. The minimum absolute atomic E-state index is 0.0200. The third-order valence-corrected chi connectivity index (χ3v) is 3.98.